The summed E-state index contributed by atoms with van der Waals surface area (Å²) in [7, 11) is -3.41. The molecule has 0 aliphatic carbocycles. The molecule has 446 valence electrons. The van der Waals surface area contributed by atoms with Gasteiger partial charge in [-0.3, -0.25) is 19.4 Å². The van der Waals surface area contributed by atoms with Crippen molar-refractivity contribution < 1.29 is 18.0 Å². The van der Waals surface area contributed by atoms with Crippen molar-refractivity contribution in [1.29, 1.82) is 0 Å². The van der Waals surface area contributed by atoms with Gasteiger partial charge in [0.2, 0.25) is 0 Å². The highest BCUT2D eigenvalue weighted by molar-refractivity contribution is 7.90. The summed E-state index contributed by atoms with van der Waals surface area (Å²) in [5, 5.41) is 0. The van der Waals surface area contributed by atoms with Gasteiger partial charge < -0.3 is 19.6 Å². The van der Waals surface area contributed by atoms with Gasteiger partial charge >= 0.3 is 0 Å². The first-order valence-electron chi connectivity index (χ1n) is 30.7. The fraction of sp³-hybridized carbons (Fsp3) is 0.429. The number of likely N-dealkylation sites (tertiary alicyclic amines) is 4. The maximum absolute atomic E-state index is 13.4. The summed E-state index contributed by atoms with van der Waals surface area (Å²) in [5.74, 6) is 0.103. The predicted molar refractivity (Wildman–Crippen MR) is 339 cm³/mol. The predicted octanol–water partition coefficient (Wildman–Crippen LogP) is 11.8. The Morgan fingerprint density at radius 2 is 0.800 bits per heavy atom. The zero-order valence-corrected chi connectivity index (χ0v) is 51.9. The molecule has 2 aromatic heterocycles. The van der Waals surface area contributed by atoms with Gasteiger partial charge in [-0.05, 0) is 153 Å². The van der Waals surface area contributed by atoms with Crippen LogP contribution in [0.25, 0.3) is 0 Å². The fourth-order valence-corrected chi connectivity index (χ4v) is 14.8. The number of anilines is 2. The summed E-state index contributed by atoms with van der Waals surface area (Å²) in [4.78, 5) is 58.5. The molecule has 4 saturated heterocycles. The molecule has 15 heteroatoms. The van der Waals surface area contributed by atoms with Crippen molar-refractivity contribution >= 4 is 33.0 Å². The minimum atomic E-state index is -3.41. The first-order valence-corrected chi connectivity index (χ1v) is 32.3. The fourth-order valence-electron chi connectivity index (χ4n) is 13.4. The molecule has 2 amide bonds. The Labute approximate surface area is 505 Å². The highest BCUT2D eigenvalue weighted by atomic mass is 32.2. The van der Waals surface area contributed by atoms with Crippen LogP contribution in [0.5, 0.6) is 0 Å². The van der Waals surface area contributed by atoms with Crippen molar-refractivity contribution in [2.24, 2.45) is 0 Å². The lowest BCUT2D eigenvalue weighted by atomic mass is 9.85. The van der Waals surface area contributed by atoms with Gasteiger partial charge in [0.15, 0.2) is 9.84 Å². The largest absolute Gasteiger partial charge is 0.364 e. The third-order valence-corrected chi connectivity index (χ3v) is 20.7. The second-order valence-electron chi connectivity index (χ2n) is 24.7. The molecule has 6 heterocycles. The van der Waals surface area contributed by atoms with E-state index in [1.54, 1.807) is 24.3 Å². The molecule has 4 aliphatic rings. The number of rotatable bonds is 15. The number of carbonyl (C=O) groups is 2. The Morgan fingerprint density at radius 1 is 0.459 bits per heavy atom. The van der Waals surface area contributed by atoms with Crippen molar-refractivity contribution in [3.05, 3.63) is 208 Å². The summed E-state index contributed by atoms with van der Waals surface area (Å²) in [5.41, 5.74) is 11.6. The van der Waals surface area contributed by atoms with E-state index in [0.29, 0.717) is 28.1 Å². The van der Waals surface area contributed by atoms with Crippen LogP contribution in [0.1, 0.15) is 131 Å². The second-order valence-corrected chi connectivity index (χ2v) is 26.6. The Balaban J connectivity index is 0.000000193. The molecule has 0 N–H and O–H groups in total. The van der Waals surface area contributed by atoms with Gasteiger partial charge in [-0.25, -0.2) is 28.4 Å². The van der Waals surface area contributed by atoms with Crippen LogP contribution in [0.4, 0.5) is 11.4 Å². The monoisotopic (exact) mass is 1160 g/mol. The zero-order chi connectivity index (χ0) is 59.7. The summed E-state index contributed by atoms with van der Waals surface area (Å²) < 4.78 is 26.0. The maximum atomic E-state index is 13.4. The first-order chi connectivity index (χ1) is 41.0. The quantitative estimate of drug-likeness (QED) is 0.0965. The third kappa shape index (κ3) is 14.5. The number of carbonyl (C=O) groups excluding carboxylic acids is 2. The number of amides is 2. The molecule has 0 spiro atoms. The molecule has 0 bridgehead atoms. The molecule has 4 aliphatic heterocycles. The van der Waals surface area contributed by atoms with Crippen LogP contribution in [-0.2, 0) is 28.7 Å². The molecule has 0 saturated carbocycles. The van der Waals surface area contributed by atoms with Crippen LogP contribution in [-0.4, -0.2) is 135 Å². The summed E-state index contributed by atoms with van der Waals surface area (Å²) in [6, 6.07) is 48.0. The minimum Gasteiger partial charge on any atom is -0.364 e. The molecule has 85 heavy (non-hydrogen) atoms. The molecule has 0 radical (unpaired) electrons. The third-order valence-electron chi connectivity index (χ3n) is 19.0. The summed E-state index contributed by atoms with van der Waals surface area (Å²) in [6.45, 7) is 23.4. The van der Waals surface area contributed by atoms with E-state index in [1.165, 1.54) is 35.0 Å². The van der Waals surface area contributed by atoms with E-state index in [9.17, 15) is 18.0 Å². The number of piperidine rings is 4. The molecule has 11 rings (SSSR count). The van der Waals surface area contributed by atoms with Crippen molar-refractivity contribution in [3.63, 3.8) is 0 Å². The first kappa shape index (κ1) is 60.8. The molecule has 7 aromatic rings. The van der Waals surface area contributed by atoms with Crippen molar-refractivity contribution in [2.45, 2.75) is 147 Å². The number of hydrogen-bond acceptors (Lipinski definition) is 12. The van der Waals surface area contributed by atoms with Crippen LogP contribution >= 0.6 is 0 Å². The van der Waals surface area contributed by atoms with E-state index in [1.807, 2.05) is 61.8 Å². The van der Waals surface area contributed by atoms with E-state index in [2.05, 4.69) is 151 Å². The lowest BCUT2D eigenvalue weighted by Gasteiger charge is -2.50. The van der Waals surface area contributed by atoms with Crippen LogP contribution < -0.4 is 9.80 Å². The van der Waals surface area contributed by atoms with Gasteiger partial charge in [0.25, 0.3) is 11.8 Å². The summed E-state index contributed by atoms with van der Waals surface area (Å²) in [6.07, 6.45) is 11.3. The normalized spacial score (nSPS) is 17.8. The smallest absolute Gasteiger partial charge is 0.257 e. The van der Waals surface area contributed by atoms with Gasteiger partial charge in [0.1, 0.15) is 12.7 Å². The van der Waals surface area contributed by atoms with Crippen molar-refractivity contribution in [2.75, 3.05) is 62.2 Å². The highest BCUT2D eigenvalue weighted by Gasteiger charge is 2.42. The molecular weight excluding hydrogens is 1080 g/mol. The minimum absolute atomic E-state index is 0.0195. The number of aromatic nitrogens is 4. The van der Waals surface area contributed by atoms with E-state index in [0.717, 1.165) is 151 Å². The molecular formula is C70H86N10O4S. The zero-order valence-electron chi connectivity index (χ0n) is 51.0. The Morgan fingerprint density at radius 3 is 1.16 bits per heavy atom. The number of aryl methyl sites for hydroxylation is 5. The molecule has 0 unspecified atom stereocenters. The molecule has 5 aromatic carbocycles. The number of sulfone groups is 1. The molecule has 14 nitrogen and oxygen atoms in total. The topological polar surface area (TPSA) is 139 Å². The SMILES string of the molecule is Cc1ccc(N(Cc2ccccc2)C2CCN(C3(C)CCN(C(=O)c4c(C)ncnc4C)CC3)CC2)cc1.Cc1ncnc(C)c1C(=O)N1CCC(C)(N2CCC(N(Cc3ccccc3)c3ccc(CS(=O)(=O)c4ccccc4)cc3)CC2)CC1. The average molecular weight is 1160 g/mol. The van der Waals surface area contributed by atoms with Gasteiger partial charge in [0, 0.05) is 100.0 Å². The highest BCUT2D eigenvalue weighted by Crippen LogP contribution is 2.37. The molecule has 0 atom stereocenters. The van der Waals surface area contributed by atoms with Gasteiger partial charge in [-0.15, -0.1) is 0 Å². The van der Waals surface area contributed by atoms with E-state index < -0.39 is 9.84 Å². The van der Waals surface area contributed by atoms with Crippen molar-refractivity contribution in [1.82, 2.24) is 39.5 Å². The van der Waals surface area contributed by atoms with Crippen LogP contribution in [0.3, 0.4) is 0 Å². The Kier molecular flexibility index (Phi) is 19.3. The second kappa shape index (κ2) is 26.9. The number of hydrogen-bond donors (Lipinski definition) is 0. The van der Waals surface area contributed by atoms with Gasteiger partial charge in [-0.2, -0.15) is 0 Å². The van der Waals surface area contributed by atoms with Gasteiger partial charge in [-0.1, -0.05) is 109 Å². The lowest BCUT2D eigenvalue weighted by Crippen LogP contribution is -2.58. The molecule has 4 fully saturated rings. The summed E-state index contributed by atoms with van der Waals surface area (Å²) >= 11 is 0. The van der Waals surface area contributed by atoms with Gasteiger partial charge in [0.05, 0.1) is 44.6 Å². The van der Waals surface area contributed by atoms with E-state index in [4.69, 9.17) is 0 Å². The Bertz CT molecular complexity index is 3410. The Hall–Kier alpha value is -7.33. The number of nitrogens with zero attached hydrogens (tertiary/aromatic N) is 10. The standard InChI is InChI=1S/C38H45N5O3S.C32H41N5O/c1-29-36(30(2)40-28-39-29)37(44)41-24-20-38(3,21-25-41)42-22-18-34(19-23-42)43(26-31-10-6-4-7-11-31)33-16-14-32(15-17-33)27-47(45,46)35-12-8-5-9-13-35;1-24-10-12-28(13-11-24)37(22-27-8-6-5-7-9-27)29-14-18-36(19-15-29)32(4)16-20-35(21-17-32)31(38)30-25(2)33-23-34-26(30)3/h4-17,28,34H,18-27H2,1-3H3;5-13,23,29H,14-22H2,1-4H3. The number of benzene rings is 5. The van der Waals surface area contributed by atoms with Crippen LogP contribution in [0.2, 0.25) is 0 Å². The van der Waals surface area contributed by atoms with Crippen LogP contribution in [0.15, 0.2) is 157 Å². The van der Waals surface area contributed by atoms with Crippen molar-refractivity contribution in [3.8, 4) is 0 Å². The maximum Gasteiger partial charge on any atom is 0.257 e. The average Bonchev–Trinajstić information content (AvgIpc) is 3.57. The lowest BCUT2D eigenvalue weighted by molar-refractivity contribution is 0.0166. The van der Waals surface area contributed by atoms with E-state index in [-0.39, 0.29) is 28.6 Å². The van der Waals surface area contributed by atoms with Crippen LogP contribution in [0, 0.1) is 34.6 Å². The van der Waals surface area contributed by atoms with E-state index >= 15 is 0 Å².